The smallest absolute Gasteiger partial charge is 0.744 e. The van der Waals surface area contributed by atoms with Gasteiger partial charge in [0.2, 0.25) is 0 Å². The van der Waals surface area contributed by atoms with Crippen LogP contribution in [0.15, 0.2) is 316 Å². The molecule has 9 aromatic carbocycles. The Hall–Kier alpha value is -13.3. The number of aromatic nitrogens is 9. The van der Waals surface area contributed by atoms with Gasteiger partial charge in [-0.3, -0.25) is 23.0 Å². The number of aldehydes is 1. The summed E-state index contributed by atoms with van der Waals surface area (Å²) in [5.74, 6) is 0. The van der Waals surface area contributed by atoms with E-state index >= 15 is 0 Å². The molecule has 0 saturated heterocycles. The Morgan fingerprint density at radius 2 is 0.474 bits per heavy atom. The summed E-state index contributed by atoms with van der Waals surface area (Å²) >= 11 is 0. The second kappa shape index (κ2) is 41.7. The fourth-order valence-electron chi connectivity index (χ4n) is 15.7. The number of carbonyl (C=O) groups excluding carboxylic acids is 1. The van der Waals surface area contributed by atoms with Crippen LogP contribution in [0.2, 0.25) is 0 Å². The maximum Gasteiger partial charge on any atom is 2.00 e. The molecule has 0 atom stereocenters. The van der Waals surface area contributed by atoms with Crippen molar-refractivity contribution in [2.24, 2.45) is 0 Å². The summed E-state index contributed by atoms with van der Waals surface area (Å²) < 4.78 is 166. The first-order chi connectivity index (χ1) is 63.6. The number of carbonyl (C=O) groups is 1. The quantitative estimate of drug-likeness (QED) is 0.0302. The molecule has 0 unspecified atom stereocenters. The molecular weight excluding hydrogens is 1940 g/mol. The molecule has 4 aliphatic rings. The van der Waals surface area contributed by atoms with Gasteiger partial charge in [0.25, 0.3) is 40.5 Å². The third-order valence-electron chi connectivity index (χ3n) is 22.3. The minimum absolute atomic E-state index is 0. The van der Waals surface area contributed by atoms with Crippen LogP contribution in [0.1, 0.15) is 85.6 Å². The molecule has 690 valence electrons. The molecule has 7 aromatic heterocycles. The first-order valence-electron chi connectivity index (χ1n) is 41.0. The van der Waals surface area contributed by atoms with E-state index in [1.54, 1.807) is 48.5 Å². The van der Waals surface area contributed by atoms with E-state index in [2.05, 4.69) is 63.5 Å². The fourth-order valence-corrected chi connectivity index (χ4v) is 18.1. The number of hydrogen-bond donors (Lipinski definition) is 7. The van der Waals surface area contributed by atoms with Crippen molar-refractivity contribution < 1.29 is 133 Å². The molecule has 33 heteroatoms. The normalized spacial score (nSPS) is 11.9. The summed E-state index contributed by atoms with van der Waals surface area (Å²) in [6, 6.07) is 80.7. The standard InChI is InChI=1S/C46H34N4O6S2.C46H32N4O6S2.C7H6O4S.C4H5N.CH4.2Cu.Na/c2*1-27-3-7-29(8-4-27)43-35-19-20-36(47-35)44(30-9-5-28(2)6-10-30)38-22-24-40(49-38)46(32-13-17-34(18-14-32)58(54,55)56)42-26-25-41(50-42)45(39-23-21-37(43)48-39)31-11-15-33(16-12-31)57(51,52)53;8-5-6-1-3-7(4-2-6)12(9,10)11;1-2-4-5-3-1;;;;/h3-26,47,50H,1-2H3,(H,51,52,53)(H,54,55,56);3-26H,1-2H3,(H,51,52,53)(H,54,55,56);1-5H,(H,9,10,11);1-5H;1H4;;;/q;-2;;;;;+2;+1/p-1. The zero-order valence-electron chi connectivity index (χ0n) is 72.4. The number of H-pyrrole nitrogens is 3. The summed E-state index contributed by atoms with van der Waals surface area (Å²) in [5.41, 5.74) is 27.3. The SMILES string of the molecule is C.Cc1ccc(-c2c3nc(c(-c4ccc(S(=O)(=O)O)cc4)c4ccc([n-]4)c(-c4ccc(S(=O)(=O)O)cc4)c4nc(c(-c5ccc(C)cc5)c5ccc2[n-]5)C=C4)C=C3)cc1.Cc1ccc(-c2c3nc(c(-c4ccc(S(=O)(=O)O)cc4)c4ccc([nH]4)c(-c4ccc(S(=O)(=O)O)cc4)c4nc(c(-c5ccc(C)cc5)c5ccc2[nH]5)C=C4)C=C3)cc1.O=Cc1ccc(S(=O)(=O)[O-])cc1.[Cu+2].[Cu].[Na+].c1cc[nH]c1. The maximum atomic E-state index is 12.0. The minimum Gasteiger partial charge on any atom is -0.744 e. The molecule has 0 aliphatic carbocycles. The molecule has 2 radical (unpaired) electrons. The second-order valence-corrected chi connectivity index (χ2v) is 38.4. The third-order valence-corrected chi connectivity index (χ3v) is 26.6. The van der Waals surface area contributed by atoms with Gasteiger partial charge in [-0.1, -0.05) is 212 Å². The van der Waals surface area contributed by atoms with Crippen molar-refractivity contribution in [2.45, 2.75) is 59.6 Å². The molecule has 16 bridgehead atoms. The van der Waals surface area contributed by atoms with Crippen molar-refractivity contribution in [3.05, 3.63) is 365 Å². The molecule has 4 aliphatic heterocycles. The van der Waals surface area contributed by atoms with E-state index in [0.29, 0.717) is 135 Å². The number of nitrogens with zero attached hydrogens (tertiary/aromatic N) is 6. The Labute approximate surface area is 833 Å². The van der Waals surface area contributed by atoms with Gasteiger partial charge in [-0.05, 0) is 240 Å². The van der Waals surface area contributed by atoms with Crippen LogP contribution < -0.4 is 39.5 Å². The molecule has 7 N–H and O–H groups in total. The monoisotopic (exact) mass is 2020 g/mol. The van der Waals surface area contributed by atoms with Gasteiger partial charge in [0.05, 0.1) is 70.0 Å². The van der Waals surface area contributed by atoms with Gasteiger partial charge in [0.1, 0.15) is 16.4 Å². The Morgan fingerprint density at radius 1 is 0.285 bits per heavy atom. The summed E-state index contributed by atoms with van der Waals surface area (Å²) in [4.78, 5) is 50.2. The number of nitrogens with one attached hydrogen (secondary N) is 3. The van der Waals surface area contributed by atoms with E-state index in [4.69, 9.17) is 29.9 Å². The Kier molecular flexibility index (Phi) is 30.8. The zero-order valence-corrected chi connectivity index (χ0v) is 80.4. The van der Waals surface area contributed by atoms with E-state index < -0.39 is 50.6 Å². The molecule has 11 heterocycles. The average Bonchev–Trinajstić information content (AvgIpc) is 1.62. The van der Waals surface area contributed by atoms with Crippen LogP contribution in [0.4, 0.5) is 0 Å². The predicted molar refractivity (Wildman–Crippen MR) is 525 cm³/mol. The molecule has 25 nitrogen and oxygen atoms in total. The van der Waals surface area contributed by atoms with E-state index in [0.717, 1.165) is 89.9 Å². The molecule has 0 saturated carbocycles. The minimum atomic E-state index is -4.45. The maximum absolute atomic E-state index is 12.0. The van der Waals surface area contributed by atoms with Gasteiger partial charge >= 0.3 is 46.6 Å². The average molecular weight is 2020 g/mol. The van der Waals surface area contributed by atoms with Crippen LogP contribution in [0.25, 0.3) is 182 Å². The number of fused-ring (bicyclic) bond motifs is 16. The van der Waals surface area contributed by atoms with E-state index in [9.17, 15) is 69.6 Å². The number of benzene rings is 9. The van der Waals surface area contributed by atoms with Crippen LogP contribution >= 0.6 is 0 Å². The first-order valence-corrected chi connectivity index (χ1v) is 48.2. The fraction of sp³-hybridized carbons (Fsp3) is 0.0481. The Bertz CT molecular complexity index is 7560. The second-order valence-electron chi connectivity index (χ2n) is 31.4. The van der Waals surface area contributed by atoms with Crippen molar-refractivity contribution in [1.82, 2.24) is 44.9 Å². The van der Waals surface area contributed by atoms with Gasteiger partial charge in [-0.25, -0.2) is 28.4 Å². The van der Waals surface area contributed by atoms with E-state index in [-0.39, 0.29) is 95.6 Å². The molecule has 137 heavy (non-hydrogen) atoms. The first kappa shape index (κ1) is 101. The van der Waals surface area contributed by atoms with Crippen LogP contribution in [-0.4, -0.2) is 106 Å². The molecule has 0 fully saturated rings. The molecule has 20 rings (SSSR count). The number of aryl methyl sites for hydroxylation is 4. The van der Waals surface area contributed by atoms with Gasteiger partial charge in [0, 0.05) is 79.3 Å². The molecule has 0 spiro atoms. The van der Waals surface area contributed by atoms with Crippen molar-refractivity contribution in [2.75, 3.05) is 0 Å². The summed E-state index contributed by atoms with van der Waals surface area (Å²) in [7, 11) is -22.2. The van der Waals surface area contributed by atoms with Gasteiger partial charge in [0.15, 0.2) is 0 Å². The van der Waals surface area contributed by atoms with Crippen molar-refractivity contribution in [1.29, 1.82) is 0 Å². The number of rotatable bonds is 14. The largest absolute Gasteiger partial charge is 2.00 e. The summed E-state index contributed by atoms with van der Waals surface area (Å²) in [6.45, 7) is 8.14. The summed E-state index contributed by atoms with van der Waals surface area (Å²) in [6.07, 6.45) is 19.7. The van der Waals surface area contributed by atoms with E-state index in [1.807, 2.05) is 198 Å². The Morgan fingerprint density at radius 3 is 0.657 bits per heavy atom. The van der Waals surface area contributed by atoms with Crippen molar-refractivity contribution >= 4 is 150 Å². The molecule has 16 aromatic rings. The van der Waals surface area contributed by atoms with Crippen molar-refractivity contribution in [3.8, 4) is 89.0 Å². The number of aromatic amines is 3. The topological polar surface area (TPSA) is 419 Å². The molecule has 0 amide bonds. The molecular formula is C104H80Cu2N9NaO16S5. The van der Waals surface area contributed by atoms with Crippen LogP contribution in [0, 0.1) is 27.7 Å². The van der Waals surface area contributed by atoms with Crippen LogP contribution in [0.5, 0.6) is 0 Å². The van der Waals surface area contributed by atoms with Crippen LogP contribution in [-0.2, 0) is 84.7 Å². The Balaban J connectivity index is 0.000000192. The third kappa shape index (κ3) is 22.5. The van der Waals surface area contributed by atoms with Crippen molar-refractivity contribution in [3.63, 3.8) is 0 Å². The number of hydrogen-bond acceptors (Lipinski definition) is 16. The van der Waals surface area contributed by atoms with E-state index in [1.165, 1.54) is 60.7 Å². The summed E-state index contributed by atoms with van der Waals surface area (Å²) in [5, 5.41) is 0. The van der Waals surface area contributed by atoms with Gasteiger partial charge < -0.3 is 29.5 Å². The predicted octanol–water partition coefficient (Wildman–Crippen LogP) is 19.2. The van der Waals surface area contributed by atoms with Gasteiger partial charge in [-0.15, -0.1) is 22.1 Å². The zero-order chi connectivity index (χ0) is 93.4. The van der Waals surface area contributed by atoms with Crippen LogP contribution in [0.3, 0.4) is 0 Å². The van der Waals surface area contributed by atoms with Gasteiger partial charge in [-0.2, -0.15) is 33.7 Å².